The monoisotopic (exact) mass is 363 g/mol. The first-order chi connectivity index (χ1) is 11.8. The van der Waals surface area contributed by atoms with E-state index in [0.717, 1.165) is 0 Å². The minimum absolute atomic E-state index is 0.0400. The minimum Gasteiger partial charge on any atom is -0.493 e. The lowest BCUT2D eigenvalue weighted by molar-refractivity contribution is 0.0729. The van der Waals surface area contributed by atoms with Crippen molar-refractivity contribution >= 4 is 16.0 Å². The third kappa shape index (κ3) is 4.18. The molecule has 0 N–H and O–H groups in total. The van der Waals surface area contributed by atoms with Crippen molar-refractivity contribution in [3.63, 3.8) is 0 Å². The van der Waals surface area contributed by atoms with E-state index in [0.29, 0.717) is 5.75 Å². The van der Waals surface area contributed by atoms with Gasteiger partial charge in [0.1, 0.15) is 0 Å². The first-order valence-electron chi connectivity index (χ1n) is 7.70. The van der Waals surface area contributed by atoms with E-state index in [1.807, 2.05) is 0 Å². The molecular formula is C18H21NO5S. The smallest absolute Gasteiger partial charge is 0.343 e. The van der Waals surface area contributed by atoms with Gasteiger partial charge in [-0.05, 0) is 44.2 Å². The summed E-state index contributed by atoms with van der Waals surface area (Å²) < 4.78 is 36.8. The van der Waals surface area contributed by atoms with Crippen LogP contribution in [0.3, 0.4) is 0 Å². The lowest BCUT2D eigenvalue weighted by Gasteiger charge is -2.21. The van der Waals surface area contributed by atoms with Gasteiger partial charge in [0.05, 0.1) is 17.6 Å². The van der Waals surface area contributed by atoms with E-state index in [1.165, 1.54) is 42.7 Å². The highest BCUT2D eigenvalue weighted by atomic mass is 32.2. The van der Waals surface area contributed by atoms with Gasteiger partial charge in [-0.15, -0.1) is 0 Å². The first kappa shape index (κ1) is 19.0. The molecule has 25 heavy (non-hydrogen) atoms. The van der Waals surface area contributed by atoms with Crippen molar-refractivity contribution in [2.45, 2.75) is 24.8 Å². The van der Waals surface area contributed by atoms with E-state index in [9.17, 15) is 13.2 Å². The Labute approximate surface area is 148 Å². The second-order valence-electron chi connectivity index (χ2n) is 5.68. The predicted molar refractivity (Wildman–Crippen MR) is 94.5 cm³/mol. The molecule has 0 amide bonds. The Morgan fingerprint density at radius 2 is 1.68 bits per heavy atom. The summed E-state index contributed by atoms with van der Waals surface area (Å²) in [6, 6.07) is 12.3. The number of sulfonamides is 1. The topological polar surface area (TPSA) is 72.9 Å². The second kappa shape index (κ2) is 7.67. The fourth-order valence-electron chi connectivity index (χ4n) is 2.09. The standard InChI is InChI=1S/C18H21NO5S/c1-13(2)19(3)25(21,22)15-9-7-8-14(12-15)18(20)24-17-11-6-5-10-16(17)23-4/h5-13H,1-4H3. The van der Waals surface area contributed by atoms with Crippen LogP contribution in [-0.4, -0.2) is 38.9 Å². The number of para-hydroxylation sites is 2. The number of hydrogen-bond donors (Lipinski definition) is 0. The van der Waals surface area contributed by atoms with Gasteiger partial charge in [0.2, 0.25) is 10.0 Å². The molecule has 0 heterocycles. The summed E-state index contributed by atoms with van der Waals surface area (Å²) in [4.78, 5) is 12.4. The van der Waals surface area contributed by atoms with Gasteiger partial charge in [-0.25, -0.2) is 13.2 Å². The van der Waals surface area contributed by atoms with Gasteiger partial charge in [-0.3, -0.25) is 0 Å². The first-order valence-corrected chi connectivity index (χ1v) is 9.14. The number of benzene rings is 2. The Morgan fingerprint density at radius 3 is 2.28 bits per heavy atom. The summed E-state index contributed by atoms with van der Waals surface area (Å²) in [6.07, 6.45) is 0. The molecule has 0 aliphatic carbocycles. The van der Waals surface area contributed by atoms with Gasteiger partial charge in [0, 0.05) is 13.1 Å². The second-order valence-corrected chi connectivity index (χ2v) is 7.68. The molecule has 0 saturated carbocycles. The lowest BCUT2D eigenvalue weighted by Crippen LogP contribution is -2.33. The third-order valence-electron chi connectivity index (χ3n) is 3.75. The zero-order chi connectivity index (χ0) is 18.6. The van der Waals surface area contributed by atoms with Crippen molar-refractivity contribution in [1.29, 1.82) is 0 Å². The van der Waals surface area contributed by atoms with Crippen molar-refractivity contribution in [3.05, 3.63) is 54.1 Å². The van der Waals surface area contributed by atoms with Crippen molar-refractivity contribution < 1.29 is 22.7 Å². The number of nitrogens with zero attached hydrogens (tertiary/aromatic N) is 1. The van der Waals surface area contributed by atoms with Gasteiger partial charge in [-0.1, -0.05) is 18.2 Å². The SMILES string of the molecule is COc1ccccc1OC(=O)c1cccc(S(=O)(=O)N(C)C(C)C)c1. The molecule has 2 aromatic rings. The molecule has 0 fully saturated rings. The van der Waals surface area contributed by atoms with Gasteiger partial charge in [-0.2, -0.15) is 4.31 Å². The van der Waals surface area contributed by atoms with E-state index in [-0.39, 0.29) is 22.3 Å². The van der Waals surface area contributed by atoms with Crippen LogP contribution < -0.4 is 9.47 Å². The number of ether oxygens (including phenoxy) is 2. The molecule has 0 aliphatic rings. The number of carbonyl (C=O) groups excluding carboxylic acids is 1. The highest BCUT2D eigenvalue weighted by Crippen LogP contribution is 2.27. The molecule has 0 spiro atoms. The van der Waals surface area contributed by atoms with E-state index in [2.05, 4.69) is 0 Å². The van der Waals surface area contributed by atoms with Crippen LogP contribution in [0.4, 0.5) is 0 Å². The van der Waals surface area contributed by atoms with Crippen molar-refractivity contribution in [1.82, 2.24) is 4.31 Å². The number of rotatable bonds is 6. The maximum absolute atomic E-state index is 12.6. The highest BCUT2D eigenvalue weighted by Gasteiger charge is 2.24. The van der Waals surface area contributed by atoms with Crippen LogP contribution in [0.2, 0.25) is 0 Å². The summed E-state index contributed by atoms with van der Waals surface area (Å²) in [5.41, 5.74) is 0.143. The quantitative estimate of drug-likeness (QED) is 0.583. The van der Waals surface area contributed by atoms with Crippen molar-refractivity contribution in [3.8, 4) is 11.5 Å². The van der Waals surface area contributed by atoms with Crippen LogP contribution in [0.1, 0.15) is 24.2 Å². The maximum atomic E-state index is 12.6. The fraction of sp³-hybridized carbons (Fsp3) is 0.278. The molecule has 0 radical (unpaired) electrons. The average molecular weight is 363 g/mol. The van der Waals surface area contributed by atoms with Gasteiger partial charge in [0.25, 0.3) is 0 Å². The van der Waals surface area contributed by atoms with Gasteiger partial charge in [0.15, 0.2) is 11.5 Å². The van der Waals surface area contributed by atoms with Crippen LogP contribution in [-0.2, 0) is 10.0 Å². The molecule has 0 atom stereocenters. The summed E-state index contributed by atoms with van der Waals surface area (Å²) >= 11 is 0. The number of esters is 1. The fourth-order valence-corrected chi connectivity index (χ4v) is 3.50. The minimum atomic E-state index is -3.68. The normalized spacial score (nSPS) is 11.6. The molecule has 2 rings (SSSR count). The predicted octanol–water partition coefficient (Wildman–Crippen LogP) is 2.94. The van der Waals surface area contributed by atoms with Crippen LogP contribution >= 0.6 is 0 Å². The number of hydrogen-bond acceptors (Lipinski definition) is 5. The summed E-state index contributed by atoms with van der Waals surface area (Å²) in [5, 5.41) is 0. The summed E-state index contributed by atoms with van der Waals surface area (Å²) in [6.45, 7) is 3.55. The lowest BCUT2D eigenvalue weighted by atomic mass is 10.2. The molecular weight excluding hydrogens is 342 g/mol. The Bertz CT molecular complexity index is 861. The Balaban J connectivity index is 2.31. The Kier molecular flexibility index (Phi) is 5.81. The summed E-state index contributed by atoms with van der Waals surface area (Å²) in [5.74, 6) is 0.0236. The highest BCUT2D eigenvalue weighted by molar-refractivity contribution is 7.89. The van der Waals surface area contributed by atoms with Gasteiger partial charge < -0.3 is 9.47 Å². The molecule has 0 bridgehead atoms. The molecule has 7 heteroatoms. The van der Waals surface area contributed by atoms with Crippen molar-refractivity contribution in [2.75, 3.05) is 14.2 Å². The maximum Gasteiger partial charge on any atom is 0.343 e. The Hall–Kier alpha value is -2.38. The zero-order valence-corrected chi connectivity index (χ0v) is 15.4. The molecule has 0 saturated heterocycles. The van der Waals surface area contributed by atoms with Gasteiger partial charge >= 0.3 is 5.97 Å². The van der Waals surface area contributed by atoms with Crippen LogP contribution in [0, 0.1) is 0 Å². The summed E-state index contributed by atoms with van der Waals surface area (Å²) in [7, 11) is -0.705. The molecule has 2 aromatic carbocycles. The van der Waals surface area contributed by atoms with Crippen LogP contribution in [0.25, 0.3) is 0 Å². The van der Waals surface area contributed by atoms with E-state index < -0.39 is 16.0 Å². The largest absolute Gasteiger partial charge is 0.493 e. The van der Waals surface area contributed by atoms with Crippen LogP contribution in [0.5, 0.6) is 11.5 Å². The van der Waals surface area contributed by atoms with E-state index in [4.69, 9.17) is 9.47 Å². The van der Waals surface area contributed by atoms with Crippen molar-refractivity contribution in [2.24, 2.45) is 0 Å². The van der Waals surface area contributed by atoms with Crippen LogP contribution in [0.15, 0.2) is 53.4 Å². The third-order valence-corrected chi connectivity index (χ3v) is 5.78. The average Bonchev–Trinajstić information content (AvgIpc) is 2.61. The van der Waals surface area contributed by atoms with E-state index in [1.54, 1.807) is 38.1 Å². The molecule has 0 unspecified atom stereocenters. The zero-order valence-electron chi connectivity index (χ0n) is 14.6. The number of carbonyl (C=O) groups is 1. The van der Waals surface area contributed by atoms with E-state index >= 15 is 0 Å². The Morgan fingerprint density at radius 1 is 1.04 bits per heavy atom. The molecule has 0 aromatic heterocycles. The molecule has 134 valence electrons. The molecule has 6 nitrogen and oxygen atoms in total. The number of methoxy groups -OCH3 is 1. The molecule has 0 aliphatic heterocycles.